The Morgan fingerprint density at radius 3 is 3.00 bits per heavy atom. The van der Waals surface area contributed by atoms with Gasteiger partial charge in [0.25, 0.3) is 0 Å². The zero-order valence-electron chi connectivity index (χ0n) is 10.8. The molecule has 0 saturated heterocycles. The zero-order chi connectivity index (χ0) is 13.1. The maximum absolute atomic E-state index is 11.6. The fraction of sp³-hybridized carbons (Fsp3) is 0.533. The number of esters is 1. The number of aliphatic hydroxyl groups is 1. The van der Waals surface area contributed by atoms with Gasteiger partial charge in [0.2, 0.25) is 0 Å². The smallest absolute Gasteiger partial charge is 0.334 e. The van der Waals surface area contributed by atoms with Gasteiger partial charge in [0.05, 0.1) is 6.10 Å². The van der Waals surface area contributed by atoms with E-state index in [1.54, 1.807) is 6.08 Å². The number of carbonyl (C=O) groups is 1. The summed E-state index contributed by atoms with van der Waals surface area (Å²) in [7, 11) is 0. The molecule has 1 aliphatic heterocycles. The Bertz CT molecular complexity index is 500. The van der Waals surface area contributed by atoms with Crippen molar-refractivity contribution in [2.24, 2.45) is 11.3 Å². The minimum absolute atomic E-state index is 0.146. The Kier molecular flexibility index (Phi) is 2.33. The fourth-order valence-electron chi connectivity index (χ4n) is 3.54. The second kappa shape index (κ2) is 3.58. The number of hydrogen-bond acceptors (Lipinski definition) is 3. The number of hydrogen-bond donors (Lipinski definition) is 1. The lowest BCUT2D eigenvalue weighted by atomic mass is 9.58. The summed E-state index contributed by atoms with van der Waals surface area (Å²) in [4.78, 5) is 11.6. The number of fused-ring (bicyclic) bond motifs is 2. The Labute approximate surface area is 107 Å². The predicted molar refractivity (Wildman–Crippen MR) is 67.7 cm³/mol. The summed E-state index contributed by atoms with van der Waals surface area (Å²) in [6.45, 7) is 7.99. The third kappa shape index (κ3) is 1.37. The molecule has 0 aromatic carbocycles. The Morgan fingerprint density at radius 2 is 2.28 bits per heavy atom. The van der Waals surface area contributed by atoms with Gasteiger partial charge in [-0.2, -0.15) is 0 Å². The zero-order valence-corrected chi connectivity index (χ0v) is 10.8. The van der Waals surface area contributed by atoms with E-state index in [1.165, 1.54) is 0 Å². The number of rotatable bonds is 0. The molecule has 4 atom stereocenters. The third-order valence-electron chi connectivity index (χ3n) is 4.89. The van der Waals surface area contributed by atoms with Gasteiger partial charge in [0, 0.05) is 11.0 Å². The van der Waals surface area contributed by atoms with Crippen LogP contribution in [-0.2, 0) is 9.53 Å². The molecule has 0 aromatic rings. The first kappa shape index (κ1) is 11.7. The Balaban J connectivity index is 2.03. The molecule has 4 unspecified atom stereocenters. The maximum atomic E-state index is 11.6. The summed E-state index contributed by atoms with van der Waals surface area (Å²) in [5, 5.41) is 10.2. The first-order chi connectivity index (χ1) is 8.43. The topological polar surface area (TPSA) is 46.5 Å². The van der Waals surface area contributed by atoms with Gasteiger partial charge in [-0.1, -0.05) is 31.2 Å². The van der Waals surface area contributed by atoms with Crippen LogP contribution < -0.4 is 0 Å². The van der Waals surface area contributed by atoms with Crippen LogP contribution in [0.3, 0.4) is 0 Å². The average molecular weight is 246 g/mol. The predicted octanol–water partition coefficient (Wildman–Crippen LogP) is 2.13. The van der Waals surface area contributed by atoms with Crippen molar-refractivity contribution in [3.05, 3.63) is 35.5 Å². The van der Waals surface area contributed by atoms with Crippen LogP contribution in [0.1, 0.15) is 26.7 Å². The number of carbonyl (C=O) groups excluding carboxylic acids is 1. The van der Waals surface area contributed by atoms with Gasteiger partial charge in [0.15, 0.2) is 0 Å². The molecule has 3 nitrogen and oxygen atoms in total. The van der Waals surface area contributed by atoms with E-state index in [2.05, 4.69) is 13.5 Å². The van der Waals surface area contributed by atoms with Gasteiger partial charge in [-0.3, -0.25) is 0 Å². The molecule has 3 aliphatic rings. The van der Waals surface area contributed by atoms with Crippen molar-refractivity contribution < 1.29 is 14.6 Å². The quantitative estimate of drug-likeness (QED) is 0.666. The van der Waals surface area contributed by atoms with Gasteiger partial charge < -0.3 is 9.84 Å². The maximum Gasteiger partial charge on any atom is 0.334 e. The van der Waals surface area contributed by atoms with Crippen LogP contribution in [0.2, 0.25) is 0 Å². The number of aliphatic hydroxyl groups excluding tert-OH is 1. The van der Waals surface area contributed by atoms with E-state index in [1.807, 2.05) is 13.0 Å². The summed E-state index contributed by atoms with van der Waals surface area (Å²) < 4.78 is 5.40. The largest absolute Gasteiger partial charge is 0.454 e. The number of ether oxygens (including phenoxy) is 1. The Morgan fingerprint density at radius 1 is 1.56 bits per heavy atom. The van der Waals surface area contributed by atoms with E-state index >= 15 is 0 Å². The number of allylic oxidation sites excluding steroid dienone is 2. The second-order valence-corrected chi connectivity index (χ2v) is 5.89. The first-order valence-corrected chi connectivity index (χ1v) is 6.39. The highest BCUT2D eigenvalue weighted by molar-refractivity contribution is 5.91. The monoisotopic (exact) mass is 246 g/mol. The van der Waals surface area contributed by atoms with Crippen molar-refractivity contribution in [1.29, 1.82) is 0 Å². The van der Waals surface area contributed by atoms with E-state index in [9.17, 15) is 9.90 Å². The van der Waals surface area contributed by atoms with Gasteiger partial charge in [-0.25, -0.2) is 4.79 Å². The highest BCUT2D eigenvalue weighted by atomic mass is 16.5. The van der Waals surface area contributed by atoms with Gasteiger partial charge >= 0.3 is 5.97 Å². The first-order valence-electron chi connectivity index (χ1n) is 6.39. The molecule has 96 valence electrons. The van der Waals surface area contributed by atoms with Crippen molar-refractivity contribution in [2.45, 2.75) is 38.9 Å². The van der Waals surface area contributed by atoms with Crippen LogP contribution in [0.15, 0.2) is 35.5 Å². The molecule has 0 aromatic heterocycles. The van der Waals surface area contributed by atoms with Crippen LogP contribution in [0.25, 0.3) is 0 Å². The molecule has 0 radical (unpaired) electrons. The van der Waals surface area contributed by atoms with Crippen LogP contribution in [0, 0.1) is 11.3 Å². The van der Waals surface area contributed by atoms with Crippen molar-refractivity contribution in [3.8, 4) is 0 Å². The van der Waals surface area contributed by atoms with Gasteiger partial charge in [0.1, 0.15) is 6.10 Å². The van der Waals surface area contributed by atoms with Crippen LogP contribution in [0.4, 0.5) is 0 Å². The Hall–Kier alpha value is -1.35. The van der Waals surface area contributed by atoms with E-state index in [0.29, 0.717) is 6.42 Å². The van der Waals surface area contributed by atoms with Crippen LogP contribution in [0.5, 0.6) is 0 Å². The lowest BCUT2D eigenvalue weighted by Gasteiger charge is -2.48. The molecule has 3 rings (SSSR count). The van der Waals surface area contributed by atoms with Crippen molar-refractivity contribution >= 4 is 5.97 Å². The standard InChI is InChI=1S/C15H18O3/c1-8-4-5-13(16)15(3)7-12-10(6-11(8)15)9(2)14(17)18-12/h4-5,11-13,16H,1,6-7H2,2-3H3. The average Bonchev–Trinajstić information content (AvgIpc) is 2.58. The molecule has 1 N–H and O–H groups in total. The van der Waals surface area contributed by atoms with Gasteiger partial charge in [-0.05, 0) is 31.3 Å². The lowest BCUT2D eigenvalue weighted by molar-refractivity contribution is -0.142. The molecule has 18 heavy (non-hydrogen) atoms. The molecule has 0 amide bonds. The molecule has 3 heteroatoms. The van der Waals surface area contributed by atoms with Crippen molar-refractivity contribution in [2.75, 3.05) is 0 Å². The van der Waals surface area contributed by atoms with E-state index in [-0.39, 0.29) is 23.4 Å². The second-order valence-electron chi connectivity index (χ2n) is 5.89. The van der Waals surface area contributed by atoms with Crippen LogP contribution in [-0.4, -0.2) is 23.3 Å². The highest BCUT2D eigenvalue weighted by Gasteiger charge is 2.51. The molecule has 2 aliphatic carbocycles. The molecular formula is C15H18O3. The summed E-state index contributed by atoms with van der Waals surface area (Å²) >= 11 is 0. The highest BCUT2D eigenvalue weighted by Crippen LogP contribution is 2.53. The van der Waals surface area contributed by atoms with Gasteiger partial charge in [-0.15, -0.1) is 0 Å². The lowest BCUT2D eigenvalue weighted by Crippen LogP contribution is -2.47. The molecular weight excluding hydrogens is 228 g/mol. The molecule has 1 heterocycles. The van der Waals surface area contributed by atoms with Crippen molar-refractivity contribution in [1.82, 2.24) is 0 Å². The SMILES string of the molecule is C=C1C=CC(O)C2(C)CC3OC(=O)C(C)=C3CC12. The summed E-state index contributed by atoms with van der Waals surface area (Å²) in [5.41, 5.74) is 2.62. The summed E-state index contributed by atoms with van der Waals surface area (Å²) in [6, 6.07) is 0. The van der Waals surface area contributed by atoms with E-state index in [0.717, 1.165) is 23.1 Å². The molecule has 0 bridgehead atoms. The fourth-order valence-corrected chi connectivity index (χ4v) is 3.54. The van der Waals surface area contributed by atoms with Crippen molar-refractivity contribution in [3.63, 3.8) is 0 Å². The molecule has 0 spiro atoms. The molecule has 1 fully saturated rings. The summed E-state index contributed by atoms with van der Waals surface area (Å²) in [5.74, 6) is -0.00138. The van der Waals surface area contributed by atoms with E-state index < -0.39 is 6.10 Å². The van der Waals surface area contributed by atoms with Crippen LogP contribution >= 0.6 is 0 Å². The normalized spacial score (nSPS) is 42.7. The summed E-state index contributed by atoms with van der Waals surface area (Å²) in [6.07, 6.45) is 4.53. The molecule has 1 saturated carbocycles. The third-order valence-corrected chi connectivity index (χ3v) is 4.89. The minimum atomic E-state index is -0.492. The minimum Gasteiger partial charge on any atom is -0.454 e. The van der Waals surface area contributed by atoms with E-state index in [4.69, 9.17) is 4.74 Å².